The van der Waals surface area contributed by atoms with Crippen LogP contribution in [0.15, 0.2) is 18.2 Å². The minimum Gasteiger partial charge on any atom is -0.456 e. The number of benzene rings is 1. The summed E-state index contributed by atoms with van der Waals surface area (Å²) >= 11 is 11.7. The topological polar surface area (TPSA) is 55.4 Å². The van der Waals surface area contributed by atoms with Crippen molar-refractivity contribution in [2.45, 2.75) is 32.1 Å². The lowest BCUT2D eigenvalue weighted by Crippen LogP contribution is -2.23. The monoisotopic (exact) mass is 355 g/mol. The van der Waals surface area contributed by atoms with Crippen molar-refractivity contribution < 1.29 is 14.3 Å². The highest BCUT2D eigenvalue weighted by Crippen LogP contribution is 2.49. The van der Waals surface area contributed by atoms with Crippen LogP contribution in [0, 0.1) is 17.8 Å². The van der Waals surface area contributed by atoms with Gasteiger partial charge in [0.05, 0.1) is 0 Å². The lowest BCUT2D eigenvalue weighted by Gasteiger charge is -2.20. The van der Waals surface area contributed by atoms with E-state index in [1.165, 1.54) is 19.3 Å². The van der Waals surface area contributed by atoms with Crippen LogP contribution in [0.3, 0.4) is 0 Å². The molecule has 124 valence electrons. The maximum Gasteiger partial charge on any atom is 0.306 e. The number of esters is 1. The average molecular weight is 356 g/mol. The third-order valence-corrected chi connectivity index (χ3v) is 5.26. The Morgan fingerprint density at radius 1 is 1.13 bits per heavy atom. The van der Waals surface area contributed by atoms with E-state index < -0.39 is 5.91 Å². The van der Waals surface area contributed by atoms with E-state index in [1.807, 2.05) is 0 Å². The van der Waals surface area contributed by atoms with Crippen molar-refractivity contribution in [3.05, 3.63) is 28.2 Å². The zero-order valence-electron chi connectivity index (χ0n) is 12.7. The van der Waals surface area contributed by atoms with E-state index in [2.05, 4.69) is 5.32 Å². The molecule has 4 nitrogen and oxygen atoms in total. The van der Waals surface area contributed by atoms with Crippen LogP contribution in [-0.4, -0.2) is 18.5 Å². The Kier molecular flexibility index (Phi) is 5.12. The van der Waals surface area contributed by atoms with Gasteiger partial charge in [0.25, 0.3) is 5.91 Å². The molecular formula is C17H19Cl2NO3. The average Bonchev–Trinajstić information content (AvgIpc) is 3.06. The second-order valence-electron chi connectivity index (χ2n) is 6.51. The summed E-state index contributed by atoms with van der Waals surface area (Å²) in [7, 11) is 0. The molecule has 3 rings (SSSR count). The largest absolute Gasteiger partial charge is 0.456 e. The van der Waals surface area contributed by atoms with Crippen molar-refractivity contribution in [3.8, 4) is 0 Å². The van der Waals surface area contributed by atoms with Gasteiger partial charge in [-0.25, -0.2) is 0 Å². The van der Waals surface area contributed by atoms with Crippen molar-refractivity contribution >= 4 is 40.8 Å². The molecule has 2 aliphatic carbocycles. The molecular weight excluding hydrogens is 337 g/mol. The van der Waals surface area contributed by atoms with Gasteiger partial charge < -0.3 is 10.1 Å². The van der Waals surface area contributed by atoms with Gasteiger partial charge in [0, 0.05) is 22.2 Å². The zero-order valence-corrected chi connectivity index (χ0v) is 14.2. The Balaban J connectivity index is 1.42. The molecule has 0 radical (unpaired) electrons. The van der Waals surface area contributed by atoms with Crippen molar-refractivity contribution in [3.63, 3.8) is 0 Å². The molecule has 2 bridgehead atoms. The van der Waals surface area contributed by atoms with E-state index in [0.717, 1.165) is 12.3 Å². The molecule has 1 amide bonds. The van der Waals surface area contributed by atoms with Gasteiger partial charge in [-0.15, -0.1) is 0 Å². The number of hydrogen-bond acceptors (Lipinski definition) is 3. The highest BCUT2D eigenvalue weighted by atomic mass is 35.5. The molecule has 0 heterocycles. The lowest BCUT2D eigenvalue weighted by atomic mass is 9.86. The first-order valence-corrected chi connectivity index (χ1v) is 8.67. The molecule has 0 saturated heterocycles. The number of nitrogens with one attached hydrogen (secondary N) is 1. The number of rotatable bonds is 5. The summed E-state index contributed by atoms with van der Waals surface area (Å²) in [5.74, 6) is 1.23. The molecule has 2 saturated carbocycles. The maximum absolute atomic E-state index is 11.9. The summed E-state index contributed by atoms with van der Waals surface area (Å²) in [5, 5.41) is 3.48. The number of anilines is 1. The minimum atomic E-state index is -0.398. The van der Waals surface area contributed by atoms with Crippen molar-refractivity contribution in [2.75, 3.05) is 11.9 Å². The van der Waals surface area contributed by atoms with E-state index in [1.54, 1.807) is 18.2 Å². The molecule has 0 aromatic heterocycles. The van der Waals surface area contributed by atoms with E-state index in [4.69, 9.17) is 27.9 Å². The smallest absolute Gasteiger partial charge is 0.306 e. The Labute approximate surface area is 145 Å². The third kappa shape index (κ3) is 4.39. The van der Waals surface area contributed by atoms with Gasteiger partial charge in [0.2, 0.25) is 0 Å². The number of carbonyl (C=O) groups is 2. The van der Waals surface area contributed by atoms with Crippen LogP contribution in [0.25, 0.3) is 0 Å². The molecule has 3 atom stereocenters. The van der Waals surface area contributed by atoms with Gasteiger partial charge in [0.1, 0.15) is 0 Å². The second kappa shape index (κ2) is 7.10. The summed E-state index contributed by atoms with van der Waals surface area (Å²) < 4.78 is 5.09. The van der Waals surface area contributed by atoms with Crippen LogP contribution in [-0.2, 0) is 14.3 Å². The minimum absolute atomic E-state index is 0.288. The third-order valence-electron chi connectivity index (χ3n) is 4.82. The predicted molar refractivity (Wildman–Crippen MR) is 89.6 cm³/mol. The first-order valence-electron chi connectivity index (χ1n) is 7.91. The van der Waals surface area contributed by atoms with Crippen molar-refractivity contribution in [1.29, 1.82) is 0 Å². The fraction of sp³-hybridized carbons (Fsp3) is 0.529. The number of carbonyl (C=O) groups excluding carboxylic acids is 2. The SMILES string of the molecule is O=C(COC(=O)C[C@@H]1C[C@H]2CC[C@@H]1C2)Nc1cc(Cl)cc(Cl)c1. The van der Waals surface area contributed by atoms with Crippen molar-refractivity contribution in [1.82, 2.24) is 0 Å². The first-order chi connectivity index (χ1) is 11.0. The number of amides is 1. The van der Waals surface area contributed by atoms with Crippen LogP contribution < -0.4 is 5.32 Å². The van der Waals surface area contributed by atoms with E-state index >= 15 is 0 Å². The van der Waals surface area contributed by atoms with E-state index in [0.29, 0.717) is 34.0 Å². The number of ether oxygens (including phenoxy) is 1. The molecule has 1 aromatic carbocycles. The summed E-state index contributed by atoms with van der Waals surface area (Å²) in [4.78, 5) is 23.7. The summed E-state index contributed by atoms with van der Waals surface area (Å²) in [6.07, 6.45) is 5.36. The van der Waals surface area contributed by atoms with Crippen LogP contribution >= 0.6 is 23.2 Å². The molecule has 6 heteroatoms. The summed E-state index contributed by atoms with van der Waals surface area (Å²) in [6, 6.07) is 4.75. The van der Waals surface area contributed by atoms with Crippen LogP contribution in [0.4, 0.5) is 5.69 Å². The maximum atomic E-state index is 11.9. The van der Waals surface area contributed by atoms with Crippen LogP contribution in [0.1, 0.15) is 32.1 Å². The van der Waals surface area contributed by atoms with Crippen molar-refractivity contribution in [2.24, 2.45) is 17.8 Å². The predicted octanol–water partition coefficient (Wildman–Crippen LogP) is 4.30. The zero-order chi connectivity index (χ0) is 16.4. The molecule has 1 N–H and O–H groups in total. The number of fused-ring (bicyclic) bond motifs is 2. The molecule has 0 spiro atoms. The van der Waals surface area contributed by atoms with E-state index in [9.17, 15) is 9.59 Å². The fourth-order valence-corrected chi connectivity index (χ4v) is 4.39. The van der Waals surface area contributed by atoms with Gasteiger partial charge in [-0.1, -0.05) is 29.6 Å². The van der Waals surface area contributed by atoms with Gasteiger partial charge in [-0.05, 0) is 55.2 Å². The fourth-order valence-electron chi connectivity index (χ4n) is 3.87. The van der Waals surface area contributed by atoms with Gasteiger partial charge in [-0.2, -0.15) is 0 Å². The van der Waals surface area contributed by atoms with E-state index in [-0.39, 0.29) is 12.6 Å². The molecule has 23 heavy (non-hydrogen) atoms. The standard InChI is InChI=1S/C17H19Cl2NO3/c18-13-6-14(19)8-15(7-13)20-16(21)9-23-17(22)5-12-4-10-1-2-11(12)3-10/h6-8,10-12H,1-5,9H2,(H,20,21)/t10-,11+,12-/m0/s1. The Morgan fingerprint density at radius 2 is 1.87 bits per heavy atom. The van der Waals surface area contributed by atoms with Gasteiger partial charge >= 0.3 is 5.97 Å². The number of halogens is 2. The Hall–Kier alpha value is -1.26. The first kappa shape index (κ1) is 16.6. The van der Waals surface area contributed by atoms with Gasteiger partial charge in [-0.3, -0.25) is 9.59 Å². The normalized spacial score (nSPS) is 25.4. The second-order valence-corrected chi connectivity index (χ2v) is 7.38. The van der Waals surface area contributed by atoms with Crippen LogP contribution in [0.5, 0.6) is 0 Å². The Bertz CT molecular complexity index is 600. The quantitative estimate of drug-likeness (QED) is 0.801. The molecule has 0 unspecified atom stereocenters. The highest BCUT2D eigenvalue weighted by Gasteiger charge is 2.40. The number of hydrogen-bond donors (Lipinski definition) is 1. The van der Waals surface area contributed by atoms with Gasteiger partial charge in [0.15, 0.2) is 6.61 Å². The molecule has 2 fully saturated rings. The molecule has 2 aliphatic rings. The summed E-state index contributed by atoms with van der Waals surface area (Å²) in [6.45, 7) is -0.288. The summed E-state index contributed by atoms with van der Waals surface area (Å²) in [5.41, 5.74) is 0.483. The Morgan fingerprint density at radius 3 is 2.48 bits per heavy atom. The molecule has 1 aromatic rings. The lowest BCUT2D eigenvalue weighted by molar-refractivity contribution is -0.148. The molecule has 0 aliphatic heterocycles. The highest BCUT2D eigenvalue weighted by molar-refractivity contribution is 6.35. The van der Waals surface area contributed by atoms with Crippen LogP contribution in [0.2, 0.25) is 10.0 Å².